The van der Waals surface area contributed by atoms with E-state index in [4.69, 9.17) is 0 Å². The monoisotopic (exact) mass is 259 g/mol. The zero-order chi connectivity index (χ0) is 13.8. The summed E-state index contributed by atoms with van der Waals surface area (Å²) in [5, 5.41) is 12.9. The Bertz CT molecular complexity index is 571. The van der Waals surface area contributed by atoms with Crippen LogP contribution in [0.15, 0.2) is 18.5 Å². The van der Waals surface area contributed by atoms with Gasteiger partial charge in [-0.1, -0.05) is 0 Å². The van der Waals surface area contributed by atoms with Crippen molar-refractivity contribution in [3.63, 3.8) is 0 Å². The molecule has 1 amide bonds. The first-order valence-corrected chi connectivity index (χ1v) is 6.14. The summed E-state index contributed by atoms with van der Waals surface area (Å²) < 4.78 is 0. The molecule has 0 bridgehead atoms. The first-order valence-electron chi connectivity index (χ1n) is 6.14. The smallest absolute Gasteiger partial charge is 0.257 e. The number of aromatic nitrogens is 3. The van der Waals surface area contributed by atoms with Gasteiger partial charge in [-0.25, -0.2) is 0 Å². The molecule has 6 heteroatoms. The van der Waals surface area contributed by atoms with Gasteiger partial charge in [-0.05, 0) is 26.8 Å². The molecule has 0 saturated heterocycles. The van der Waals surface area contributed by atoms with Gasteiger partial charge in [-0.2, -0.15) is 5.10 Å². The van der Waals surface area contributed by atoms with Crippen molar-refractivity contribution < 1.29 is 4.79 Å². The first-order chi connectivity index (χ1) is 9.13. The summed E-state index contributed by atoms with van der Waals surface area (Å²) in [6.45, 7) is 6.42. The topological polar surface area (TPSA) is 82.7 Å². The van der Waals surface area contributed by atoms with Crippen LogP contribution in [-0.4, -0.2) is 27.6 Å². The Morgan fingerprint density at radius 1 is 1.42 bits per heavy atom. The van der Waals surface area contributed by atoms with Gasteiger partial charge in [0.25, 0.3) is 5.91 Å². The van der Waals surface area contributed by atoms with E-state index in [9.17, 15) is 4.79 Å². The fourth-order valence-electron chi connectivity index (χ4n) is 1.84. The highest BCUT2D eigenvalue weighted by molar-refractivity contribution is 6.08. The fourth-order valence-corrected chi connectivity index (χ4v) is 1.84. The minimum absolute atomic E-state index is 0.175. The van der Waals surface area contributed by atoms with E-state index >= 15 is 0 Å². The van der Waals surface area contributed by atoms with Crippen molar-refractivity contribution in [2.45, 2.75) is 20.8 Å². The van der Waals surface area contributed by atoms with Crippen molar-refractivity contribution in [3.05, 3.63) is 35.4 Å². The van der Waals surface area contributed by atoms with Gasteiger partial charge in [0.05, 0.1) is 34.5 Å². The highest BCUT2D eigenvalue weighted by Crippen LogP contribution is 2.19. The van der Waals surface area contributed by atoms with Crippen LogP contribution in [0.5, 0.6) is 0 Å². The molecule has 0 saturated carbocycles. The van der Waals surface area contributed by atoms with Crippen LogP contribution < -0.4 is 10.6 Å². The van der Waals surface area contributed by atoms with Crippen molar-refractivity contribution >= 4 is 17.3 Å². The van der Waals surface area contributed by atoms with E-state index in [1.165, 1.54) is 0 Å². The van der Waals surface area contributed by atoms with Crippen LogP contribution in [0.4, 0.5) is 11.4 Å². The fraction of sp³-hybridized carbons (Fsp3) is 0.308. The molecule has 3 N–H and O–H groups in total. The summed E-state index contributed by atoms with van der Waals surface area (Å²) in [7, 11) is 0. The van der Waals surface area contributed by atoms with Crippen LogP contribution in [-0.2, 0) is 0 Å². The van der Waals surface area contributed by atoms with Crippen LogP contribution in [0.2, 0.25) is 0 Å². The van der Waals surface area contributed by atoms with Crippen molar-refractivity contribution in [3.8, 4) is 0 Å². The molecule has 6 nitrogen and oxygen atoms in total. The minimum atomic E-state index is -0.175. The van der Waals surface area contributed by atoms with E-state index in [-0.39, 0.29) is 5.91 Å². The Morgan fingerprint density at radius 3 is 2.84 bits per heavy atom. The number of amides is 1. The number of H-pyrrole nitrogens is 1. The maximum absolute atomic E-state index is 12.3. The van der Waals surface area contributed by atoms with Crippen LogP contribution >= 0.6 is 0 Å². The first kappa shape index (κ1) is 13.1. The quantitative estimate of drug-likeness (QED) is 0.785. The number of pyridine rings is 1. The molecule has 100 valence electrons. The molecular formula is C13H17N5O. The van der Waals surface area contributed by atoms with Crippen molar-refractivity contribution in [2.75, 3.05) is 17.2 Å². The molecule has 0 aromatic carbocycles. The van der Waals surface area contributed by atoms with Gasteiger partial charge in [0.1, 0.15) is 0 Å². The van der Waals surface area contributed by atoms with E-state index in [0.717, 1.165) is 29.3 Å². The predicted octanol–water partition coefficient (Wildman–Crippen LogP) is 2.11. The van der Waals surface area contributed by atoms with E-state index in [0.29, 0.717) is 5.56 Å². The van der Waals surface area contributed by atoms with Gasteiger partial charge < -0.3 is 10.6 Å². The molecule has 0 spiro atoms. The Balaban J connectivity index is 2.25. The van der Waals surface area contributed by atoms with E-state index in [1.54, 1.807) is 18.5 Å². The maximum atomic E-state index is 12.3. The molecule has 0 aliphatic rings. The highest BCUT2D eigenvalue weighted by atomic mass is 16.1. The molecule has 0 radical (unpaired) electrons. The van der Waals surface area contributed by atoms with E-state index < -0.39 is 0 Å². The molecule has 0 unspecified atom stereocenters. The minimum Gasteiger partial charge on any atom is -0.383 e. The maximum Gasteiger partial charge on any atom is 0.257 e. The summed E-state index contributed by atoms with van der Waals surface area (Å²) in [6.07, 6.45) is 3.25. The third kappa shape index (κ3) is 2.73. The van der Waals surface area contributed by atoms with E-state index in [2.05, 4.69) is 25.8 Å². The zero-order valence-electron chi connectivity index (χ0n) is 11.2. The molecular weight excluding hydrogens is 242 g/mol. The molecule has 0 aliphatic carbocycles. The average molecular weight is 259 g/mol. The molecule has 0 atom stereocenters. The third-order valence-electron chi connectivity index (χ3n) is 2.80. The van der Waals surface area contributed by atoms with Gasteiger partial charge in [0, 0.05) is 12.7 Å². The second-order valence-corrected chi connectivity index (χ2v) is 4.21. The number of hydrogen-bond donors (Lipinski definition) is 3. The molecule has 0 fully saturated rings. The van der Waals surface area contributed by atoms with Gasteiger partial charge in [-0.3, -0.25) is 14.9 Å². The van der Waals surface area contributed by atoms with Gasteiger partial charge in [0.15, 0.2) is 0 Å². The number of nitrogens with zero attached hydrogens (tertiary/aromatic N) is 2. The number of anilines is 2. The summed E-state index contributed by atoms with van der Waals surface area (Å²) >= 11 is 0. The standard InChI is InChI=1S/C13H17N5O/c1-4-15-11-7-14-6-5-10(11)13(19)16-12-8(2)17-18-9(12)3/h5-7,15H,4H2,1-3H3,(H,16,19)(H,17,18). The predicted molar refractivity (Wildman–Crippen MR) is 74.4 cm³/mol. The zero-order valence-corrected chi connectivity index (χ0v) is 11.2. The summed E-state index contributed by atoms with van der Waals surface area (Å²) in [6, 6.07) is 1.69. The Morgan fingerprint density at radius 2 is 2.21 bits per heavy atom. The van der Waals surface area contributed by atoms with Crippen LogP contribution in [0.3, 0.4) is 0 Å². The molecule has 2 aromatic rings. The van der Waals surface area contributed by atoms with Crippen LogP contribution in [0.25, 0.3) is 0 Å². The number of rotatable bonds is 4. The molecule has 2 rings (SSSR count). The number of carbonyl (C=O) groups is 1. The molecule has 19 heavy (non-hydrogen) atoms. The van der Waals surface area contributed by atoms with Gasteiger partial charge in [0.2, 0.25) is 0 Å². The summed E-state index contributed by atoms with van der Waals surface area (Å²) in [4.78, 5) is 16.3. The van der Waals surface area contributed by atoms with Crippen LogP contribution in [0, 0.1) is 13.8 Å². The number of carbonyl (C=O) groups excluding carboxylic acids is 1. The van der Waals surface area contributed by atoms with Crippen molar-refractivity contribution in [1.29, 1.82) is 0 Å². The van der Waals surface area contributed by atoms with Crippen molar-refractivity contribution in [2.24, 2.45) is 0 Å². The lowest BCUT2D eigenvalue weighted by Gasteiger charge is -2.10. The lowest BCUT2D eigenvalue weighted by atomic mass is 10.2. The average Bonchev–Trinajstić information content (AvgIpc) is 2.71. The number of aryl methyl sites for hydroxylation is 2. The third-order valence-corrected chi connectivity index (χ3v) is 2.80. The highest BCUT2D eigenvalue weighted by Gasteiger charge is 2.14. The molecule has 0 aliphatic heterocycles. The lowest BCUT2D eigenvalue weighted by Crippen LogP contribution is -2.15. The summed E-state index contributed by atoms with van der Waals surface area (Å²) in [5.74, 6) is -0.175. The Labute approximate surface area is 111 Å². The Hall–Kier alpha value is -2.37. The number of hydrogen-bond acceptors (Lipinski definition) is 4. The second-order valence-electron chi connectivity index (χ2n) is 4.21. The molecule has 2 heterocycles. The second kappa shape index (κ2) is 5.51. The normalized spacial score (nSPS) is 10.3. The van der Waals surface area contributed by atoms with E-state index in [1.807, 2.05) is 20.8 Å². The number of aromatic amines is 1. The van der Waals surface area contributed by atoms with Crippen molar-refractivity contribution in [1.82, 2.24) is 15.2 Å². The van der Waals surface area contributed by atoms with Gasteiger partial charge >= 0.3 is 0 Å². The molecule has 2 aromatic heterocycles. The lowest BCUT2D eigenvalue weighted by molar-refractivity contribution is 0.102. The van der Waals surface area contributed by atoms with Crippen LogP contribution in [0.1, 0.15) is 28.7 Å². The number of nitrogens with one attached hydrogen (secondary N) is 3. The van der Waals surface area contributed by atoms with Gasteiger partial charge in [-0.15, -0.1) is 0 Å². The SMILES string of the molecule is CCNc1cnccc1C(=O)Nc1c(C)n[nH]c1C. The largest absolute Gasteiger partial charge is 0.383 e. The summed E-state index contributed by atoms with van der Waals surface area (Å²) in [5.41, 5.74) is 3.62. The Kier molecular flexibility index (Phi) is 3.79.